The third-order valence-electron chi connectivity index (χ3n) is 2.85. The van der Waals surface area contributed by atoms with Gasteiger partial charge in [0.2, 0.25) is 0 Å². The van der Waals surface area contributed by atoms with Gasteiger partial charge in [0.15, 0.2) is 0 Å². The van der Waals surface area contributed by atoms with Gasteiger partial charge in [-0.05, 0) is 38.1 Å². The van der Waals surface area contributed by atoms with Crippen molar-refractivity contribution in [3.05, 3.63) is 53.5 Å². The summed E-state index contributed by atoms with van der Waals surface area (Å²) in [6, 6.07) is 10.6. The van der Waals surface area contributed by atoms with E-state index < -0.39 is 6.10 Å². The third kappa shape index (κ3) is 3.86. The molecule has 0 fully saturated rings. The molecule has 0 radical (unpaired) electrons. The SMILES string of the molecule is Cc1ccc(NC(=O)NCC(O)c2ccc(C)o2)cc1. The summed E-state index contributed by atoms with van der Waals surface area (Å²) >= 11 is 0. The molecule has 0 saturated carbocycles. The van der Waals surface area contributed by atoms with Gasteiger partial charge in [0.25, 0.3) is 0 Å². The Hall–Kier alpha value is -2.27. The maximum atomic E-state index is 11.7. The zero-order chi connectivity index (χ0) is 14.5. The van der Waals surface area contributed by atoms with Gasteiger partial charge in [-0.1, -0.05) is 17.7 Å². The number of benzene rings is 1. The number of hydrogen-bond acceptors (Lipinski definition) is 3. The van der Waals surface area contributed by atoms with Crippen LogP contribution in [-0.2, 0) is 0 Å². The number of carbonyl (C=O) groups excluding carboxylic acids is 1. The normalized spacial score (nSPS) is 11.9. The molecule has 3 N–H and O–H groups in total. The Morgan fingerprint density at radius 1 is 1.20 bits per heavy atom. The van der Waals surface area contributed by atoms with Crippen LogP contribution in [0.25, 0.3) is 0 Å². The summed E-state index contributed by atoms with van der Waals surface area (Å²) in [5.41, 5.74) is 1.83. The quantitative estimate of drug-likeness (QED) is 0.802. The van der Waals surface area contributed by atoms with Gasteiger partial charge >= 0.3 is 6.03 Å². The molecule has 0 spiro atoms. The van der Waals surface area contributed by atoms with Gasteiger partial charge in [-0.3, -0.25) is 0 Å². The summed E-state index contributed by atoms with van der Waals surface area (Å²) in [5.74, 6) is 1.17. The van der Waals surface area contributed by atoms with Crippen molar-refractivity contribution in [3.8, 4) is 0 Å². The fourth-order valence-electron chi connectivity index (χ4n) is 1.73. The Bertz CT molecular complexity index is 575. The fraction of sp³-hybridized carbons (Fsp3) is 0.267. The number of carbonyl (C=O) groups is 1. The molecule has 20 heavy (non-hydrogen) atoms. The smallest absolute Gasteiger partial charge is 0.319 e. The Labute approximate surface area is 117 Å². The second-order valence-corrected chi connectivity index (χ2v) is 4.67. The predicted octanol–water partition coefficient (Wildman–Crippen LogP) is 2.75. The largest absolute Gasteiger partial charge is 0.464 e. The van der Waals surface area contributed by atoms with Gasteiger partial charge in [0, 0.05) is 5.69 Å². The van der Waals surface area contributed by atoms with Crippen molar-refractivity contribution in [2.45, 2.75) is 20.0 Å². The first-order valence-corrected chi connectivity index (χ1v) is 6.40. The van der Waals surface area contributed by atoms with Gasteiger partial charge < -0.3 is 20.2 Å². The van der Waals surface area contributed by atoms with Crippen LogP contribution in [-0.4, -0.2) is 17.7 Å². The van der Waals surface area contributed by atoms with E-state index in [0.717, 1.165) is 11.3 Å². The molecule has 5 heteroatoms. The highest BCUT2D eigenvalue weighted by Gasteiger charge is 2.12. The van der Waals surface area contributed by atoms with Gasteiger partial charge in [-0.15, -0.1) is 0 Å². The number of aryl methyl sites for hydroxylation is 2. The summed E-state index contributed by atoms with van der Waals surface area (Å²) in [4.78, 5) is 11.7. The van der Waals surface area contributed by atoms with E-state index in [1.54, 1.807) is 19.1 Å². The van der Waals surface area contributed by atoms with Gasteiger partial charge in [0.1, 0.15) is 17.6 Å². The molecule has 2 rings (SSSR count). The first-order valence-electron chi connectivity index (χ1n) is 6.40. The van der Waals surface area contributed by atoms with Crippen molar-refractivity contribution >= 4 is 11.7 Å². The summed E-state index contributed by atoms with van der Waals surface area (Å²) < 4.78 is 5.29. The highest BCUT2D eigenvalue weighted by molar-refractivity contribution is 5.89. The summed E-state index contributed by atoms with van der Waals surface area (Å²) in [5, 5.41) is 15.1. The Morgan fingerprint density at radius 2 is 1.90 bits per heavy atom. The summed E-state index contributed by atoms with van der Waals surface area (Å²) in [6.45, 7) is 3.87. The third-order valence-corrected chi connectivity index (χ3v) is 2.85. The maximum Gasteiger partial charge on any atom is 0.319 e. The van der Waals surface area contributed by atoms with Crippen LogP contribution in [0.4, 0.5) is 10.5 Å². The lowest BCUT2D eigenvalue weighted by Gasteiger charge is -2.11. The van der Waals surface area contributed by atoms with E-state index in [2.05, 4.69) is 10.6 Å². The lowest BCUT2D eigenvalue weighted by Crippen LogP contribution is -2.32. The van der Waals surface area contributed by atoms with Crippen LogP contribution in [0.5, 0.6) is 0 Å². The molecule has 1 unspecified atom stereocenters. The van der Waals surface area contributed by atoms with Crippen LogP contribution in [0.1, 0.15) is 23.2 Å². The Balaban J connectivity index is 1.81. The van der Waals surface area contributed by atoms with E-state index in [0.29, 0.717) is 11.4 Å². The van der Waals surface area contributed by atoms with Crippen LogP contribution >= 0.6 is 0 Å². The number of furan rings is 1. The molecule has 2 amide bonds. The molecule has 1 aromatic carbocycles. The molecule has 1 atom stereocenters. The molecular weight excluding hydrogens is 256 g/mol. The molecule has 0 bridgehead atoms. The van der Waals surface area contributed by atoms with Crippen LogP contribution in [0.15, 0.2) is 40.8 Å². The maximum absolute atomic E-state index is 11.7. The minimum atomic E-state index is -0.854. The van der Waals surface area contributed by atoms with Crippen LogP contribution < -0.4 is 10.6 Å². The molecule has 0 aliphatic rings. The predicted molar refractivity (Wildman–Crippen MR) is 76.6 cm³/mol. The molecule has 5 nitrogen and oxygen atoms in total. The molecule has 0 aliphatic heterocycles. The summed E-state index contributed by atoms with van der Waals surface area (Å²) in [7, 11) is 0. The molecule has 0 aliphatic carbocycles. The minimum absolute atomic E-state index is 0.0879. The van der Waals surface area contributed by atoms with E-state index in [1.807, 2.05) is 31.2 Å². The monoisotopic (exact) mass is 274 g/mol. The topological polar surface area (TPSA) is 74.5 Å². The lowest BCUT2D eigenvalue weighted by atomic mass is 10.2. The average Bonchev–Trinajstić information content (AvgIpc) is 2.85. The van der Waals surface area contributed by atoms with E-state index in [-0.39, 0.29) is 12.6 Å². The zero-order valence-electron chi connectivity index (χ0n) is 11.5. The first kappa shape index (κ1) is 14.1. The average molecular weight is 274 g/mol. The highest BCUT2D eigenvalue weighted by Crippen LogP contribution is 2.15. The Kier molecular flexibility index (Phi) is 4.42. The number of nitrogens with one attached hydrogen (secondary N) is 2. The first-order chi connectivity index (χ1) is 9.54. The van der Waals surface area contributed by atoms with Crippen molar-refractivity contribution < 1.29 is 14.3 Å². The molecule has 0 saturated heterocycles. The highest BCUT2D eigenvalue weighted by atomic mass is 16.4. The number of urea groups is 1. The van der Waals surface area contributed by atoms with Gasteiger partial charge in [0.05, 0.1) is 6.54 Å². The number of aliphatic hydroxyl groups excluding tert-OH is 1. The lowest BCUT2D eigenvalue weighted by molar-refractivity contribution is 0.148. The minimum Gasteiger partial charge on any atom is -0.464 e. The number of rotatable bonds is 4. The number of hydrogen-bond donors (Lipinski definition) is 3. The van der Waals surface area contributed by atoms with Crippen LogP contribution in [0.3, 0.4) is 0 Å². The molecule has 1 heterocycles. The van der Waals surface area contributed by atoms with Crippen LogP contribution in [0.2, 0.25) is 0 Å². The zero-order valence-corrected chi connectivity index (χ0v) is 11.5. The van der Waals surface area contributed by atoms with Crippen molar-refractivity contribution in [3.63, 3.8) is 0 Å². The second-order valence-electron chi connectivity index (χ2n) is 4.67. The molecule has 106 valence electrons. The van der Waals surface area contributed by atoms with E-state index in [4.69, 9.17) is 4.42 Å². The van der Waals surface area contributed by atoms with E-state index in [1.165, 1.54) is 0 Å². The van der Waals surface area contributed by atoms with E-state index in [9.17, 15) is 9.90 Å². The number of amides is 2. The molecular formula is C15H18N2O3. The van der Waals surface area contributed by atoms with Crippen LogP contribution in [0, 0.1) is 13.8 Å². The van der Waals surface area contributed by atoms with Crippen molar-refractivity contribution in [1.82, 2.24) is 5.32 Å². The molecule has 2 aromatic rings. The fourth-order valence-corrected chi connectivity index (χ4v) is 1.73. The number of anilines is 1. The van der Waals surface area contributed by atoms with Crippen molar-refractivity contribution in [1.29, 1.82) is 0 Å². The number of aliphatic hydroxyl groups is 1. The van der Waals surface area contributed by atoms with Crippen molar-refractivity contribution in [2.24, 2.45) is 0 Å². The standard InChI is InChI=1S/C15H18N2O3/c1-10-3-6-12(7-4-10)17-15(19)16-9-13(18)14-8-5-11(2)20-14/h3-8,13,18H,9H2,1-2H3,(H2,16,17,19). The van der Waals surface area contributed by atoms with E-state index >= 15 is 0 Å². The van der Waals surface area contributed by atoms with Crippen molar-refractivity contribution in [2.75, 3.05) is 11.9 Å². The summed E-state index contributed by atoms with van der Waals surface area (Å²) in [6.07, 6.45) is -0.854. The Morgan fingerprint density at radius 3 is 2.50 bits per heavy atom. The van der Waals surface area contributed by atoms with Gasteiger partial charge in [-0.2, -0.15) is 0 Å². The second kappa shape index (κ2) is 6.25. The van der Waals surface area contributed by atoms with Gasteiger partial charge in [-0.25, -0.2) is 4.79 Å². The molecule has 1 aromatic heterocycles.